The molecule has 100 valence electrons. The van der Waals surface area contributed by atoms with Gasteiger partial charge in [0, 0.05) is 31.2 Å². The van der Waals surface area contributed by atoms with Gasteiger partial charge in [0.1, 0.15) is 0 Å². The average molecular weight is 240 g/mol. The number of rotatable bonds is 5. The summed E-state index contributed by atoms with van der Waals surface area (Å²) in [5.41, 5.74) is 0.741. The van der Waals surface area contributed by atoms with Crippen LogP contribution in [-0.2, 0) is 4.74 Å². The summed E-state index contributed by atoms with van der Waals surface area (Å²) in [6, 6.07) is 0.622. The maximum Gasteiger partial charge on any atom is 0.0655 e. The van der Waals surface area contributed by atoms with E-state index in [1.807, 2.05) is 0 Å². The third kappa shape index (κ3) is 2.67. The highest BCUT2D eigenvalue weighted by atomic mass is 16.5. The topological polar surface area (TPSA) is 33.3 Å². The molecule has 3 unspecified atom stereocenters. The van der Waals surface area contributed by atoms with E-state index in [2.05, 4.69) is 38.3 Å². The van der Waals surface area contributed by atoms with Crippen molar-refractivity contribution in [2.75, 3.05) is 26.2 Å². The molecule has 0 aromatic heterocycles. The quantitative estimate of drug-likeness (QED) is 0.768. The third-order valence-corrected chi connectivity index (χ3v) is 4.78. The van der Waals surface area contributed by atoms with E-state index in [0.29, 0.717) is 23.0 Å². The van der Waals surface area contributed by atoms with E-state index in [-0.39, 0.29) is 0 Å². The number of hydrogen-bond acceptors (Lipinski definition) is 3. The summed E-state index contributed by atoms with van der Waals surface area (Å²) in [7, 11) is 0. The molecule has 0 spiro atoms. The maximum absolute atomic E-state index is 5.77. The van der Waals surface area contributed by atoms with Crippen LogP contribution in [0.5, 0.6) is 0 Å². The highest BCUT2D eigenvalue weighted by molar-refractivity contribution is 5.03. The summed E-state index contributed by atoms with van der Waals surface area (Å²) >= 11 is 0. The highest BCUT2D eigenvalue weighted by Gasteiger charge is 2.49. The summed E-state index contributed by atoms with van der Waals surface area (Å²) in [5, 5.41) is 7.22. The lowest BCUT2D eigenvalue weighted by Gasteiger charge is -2.52. The van der Waals surface area contributed by atoms with Gasteiger partial charge in [0.05, 0.1) is 6.10 Å². The minimum absolute atomic E-state index is 0.290. The smallest absolute Gasteiger partial charge is 0.0655 e. The zero-order valence-electron chi connectivity index (χ0n) is 11.8. The molecule has 0 amide bonds. The molecule has 2 N–H and O–H groups in total. The molecule has 3 nitrogen and oxygen atoms in total. The van der Waals surface area contributed by atoms with Gasteiger partial charge in [-0.1, -0.05) is 20.8 Å². The molecule has 1 heterocycles. The molecule has 0 aromatic carbocycles. The van der Waals surface area contributed by atoms with Crippen molar-refractivity contribution < 1.29 is 4.74 Å². The van der Waals surface area contributed by atoms with Gasteiger partial charge in [0.15, 0.2) is 0 Å². The fraction of sp³-hybridized carbons (Fsp3) is 1.00. The lowest BCUT2D eigenvalue weighted by Crippen LogP contribution is -2.62. The van der Waals surface area contributed by atoms with E-state index >= 15 is 0 Å². The zero-order chi connectivity index (χ0) is 12.5. The van der Waals surface area contributed by atoms with Gasteiger partial charge in [-0.05, 0) is 31.7 Å². The van der Waals surface area contributed by atoms with E-state index in [4.69, 9.17) is 4.74 Å². The monoisotopic (exact) mass is 240 g/mol. The molecule has 1 saturated heterocycles. The molecule has 0 aromatic rings. The molecule has 17 heavy (non-hydrogen) atoms. The molecular formula is C14H28N2O. The van der Waals surface area contributed by atoms with Crippen LogP contribution in [0.15, 0.2) is 0 Å². The molecule has 1 aliphatic carbocycles. The van der Waals surface area contributed by atoms with Crippen LogP contribution >= 0.6 is 0 Å². The lowest BCUT2D eigenvalue weighted by molar-refractivity contribution is -0.115. The van der Waals surface area contributed by atoms with Gasteiger partial charge in [-0.15, -0.1) is 0 Å². The second kappa shape index (κ2) is 4.87. The van der Waals surface area contributed by atoms with Gasteiger partial charge in [0.2, 0.25) is 0 Å². The van der Waals surface area contributed by atoms with E-state index in [9.17, 15) is 0 Å². The van der Waals surface area contributed by atoms with E-state index in [1.54, 1.807) is 0 Å². The minimum Gasteiger partial charge on any atom is -0.378 e. The van der Waals surface area contributed by atoms with Gasteiger partial charge >= 0.3 is 0 Å². The van der Waals surface area contributed by atoms with Gasteiger partial charge in [-0.2, -0.15) is 0 Å². The molecule has 2 aliphatic rings. The Morgan fingerprint density at radius 3 is 2.65 bits per heavy atom. The van der Waals surface area contributed by atoms with Crippen molar-refractivity contribution in [3.05, 3.63) is 0 Å². The van der Waals surface area contributed by atoms with Crippen LogP contribution in [0.4, 0.5) is 0 Å². The fourth-order valence-corrected chi connectivity index (χ4v) is 3.11. The Labute approximate surface area is 106 Å². The largest absolute Gasteiger partial charge is 0.378 e. The molecule has 2 rings (SSSR count). The molecule has 2 fully saturated rings. The van der Waals surface area contributed by atoms with Crippen LogP contribution in [-0.4, -0.2) is 38.4 Å². The van der Waals surface area contributed by atoms with Crippen molar-refractivity contribution in [3.63, 3.8) is 0 Å². The Morgan fingerprint density at radius 1 is 1.35 bits per heavy atom. The lowest BCUT2D eigenvalue weighted by atomic mass is 9.64. The molecule has 1 saturated carbocycles. The summed E-state index contributed by atoms with van der Waals surface area (Å²) in [5.74, 6) is 0. The Kier molecular flexibility index (Phi) is 3.81. The van der Waals surface area contributed by atoms with Crippen molar-refractivity contribution in [2.24, 2.45) is 10.8 Å². The summed E-state index contributed by atoms with van der Waals surface area (Å²) < 4.78 is 5.77. The minimum atomic E-state index is 0.290. The van der Waals surface area contributed by atoms with Gasteiger partial charge in [0.25, 0.3) is 0 Å². The van der Waals surface area contributed by atoms with E-state index < -0.39 is 0 Å². The van der Waals surface area contributed by atoms with Crippen LogP contribution in [0, 0.1) is 10.8 Å². The van der Waals surface area contributed by atoms with Crippen LogP contribution in [0.2, 0.25) is 0 Å². The second-order valence-electron chi connectivity index (χ2n) is 6.67. The normalized spacial score (nSPS) is 40.2. The van der Waals surface area contributed by atoms with Crippen molar-refractivity contribution in [1.29, 1.82) is 0 Å². The summed E-state index contributed by atoms with van der Waals surface area (Å²) in [4.78, 5) is 0. The first-order valence-corrected chi connectivity index (χ1v) is 7.04. The van der Waals surface area contributed by atoms with Crippen LogP contribution in [0.1, 0.15) is 40.5 Å². The van der Waals surface area contributed by atoms with Crippen LogP contribution in [0.3, 0.4) is 0 Å². The number of hydrogen-bond donors (Lipinski definition) is 2. The first-order chi connectivity index (χ1) is 7.98. The van der Waals surface area contributed by atoms with Crippen molar-refractivity contribution in [1.82, 2.24) is 10.6 Å². The van der Waals surface area contributed by atoms with Gasteiger partial charge < -0.3 is 15.4 Å². The van der Waals surface area contributed by atoms with Gasteiger partial charge in [-0.3, -0.25) is 0 Å². The molecule has 0 bridgehead atoms. The van der Waals surface area contributed by atoms with Crippen LogP contribution in [0.25, 0.3) is 0 Å². The summed E-state index contributed by atoms with van der Waals surface area (Å²) in [6.45, 7) is 13.4. The van der Waals surface area contributed by atoms with E-state index in [1.165, 1.54) is 19.4 Å². The van der Waals surface area contributed by atoms with Crippen molar-refractivity contribution in [2.45, 2.75) is 52.7 Å². The van der Waals surface area contributed by atoms with Crippen molar-refractivity contribution >= 4 is 0 Å². The Balaban J connectivity index is 1.78. The number of nitrogens with one attached hydrogen (secondary N) is 2. The molecule has 0 radical (unpaired) electrons. The predicted octanol–water partition coefficient (Wildman–Crippen LogP) is 1.78. The van der Waals surface area contributed by atoms with E-state index in [0.717, 1.165) is 19.7 Å². The Hall–Kier alpha value is -0.120. The second-order valence-corrected chi connectivity index (χ2v) is 6.67. The standard InChI is InChI=1S/C14H28N2O/c1-5-17-12-8-11(13(12,2)3)16-10-14(4)6-7-15-9-14/h11-12,15-16H,5-10H2,1-4H3. The molecule has 3 atom stereocenters. The summed E-state index contributed by atoms with van der Waals surface area (Å²) in [6.07, 6.45) is 2.91. The first-order valence-electron chi connectivity index (χ1n) is 7.04. The highest BCUT2D eigenvalue weighted by Crippen LogP contribution is 2.43. The fourth-order valence-electron chi connectivity index (χ4n) is 3.11. The van der Waals surface area contributed by atoms with Crippen LogP contribution < -0.4 is 10.6 Å². The predicted molar refractivity (Wildman–Crippen MR) is 71.2 cm³/mol. The Morgan fingerprint density at radius 2 is 2.12 bits per heavy atom. The number of ether oxygens (including phenoxy) is 1. The SMILES string of the molecule is CCOC1CC(NCC2(C)CCNC2)C1(C)C. The first kappa shape index (κ1) is 13.3. The third-order valence-electron chi connectivity index (χ3n) is 4.78. The molecular weight excluding hydrogens is 212 g/mol. The maximum atomic E-state index is 5.77. The average Bonchev–Trinajstić information content (AvgIpc) is 2.70. The van der Waals surface area contributed by atoms with Crippen molar-refractivity contribution in [3.8, 4) is 0 Å². The van der Waals surface area contributed by atoms with Gasteiger partial charge in [-0.25, -0.2) is 0 Å². The molecule has 1 aliphatic heterocycles. The zero-order valence-corrected chi connectivity index (χ0v) is 11.8. The Bertz CT molecular complexity index is 259. The molecule has 3 heteroatoms.